The van der Waals surface area contributed by atoms with E-state index in [-0.39, 0.29) is 5.91 Å². The van der Waals surface area contributed by atoms with Crippen LogP contribution in [0.4, 0.5) is 0 Å². The Labute approximate surface area is 135 Å². The van der Waals surface area contributed by atoms with Crippen molar-refractivity contribution < 1.29 is 4.79 Å². The lowest BCUT2D eigenvalue weighted by atomic mass is 9.78. The van der Waals surface area contributed by atoms with Crippen molar-refractivity contribution in [3.8, 4) is 0 Å². The van der Waals surface area contributed by atoms with Crippen LogP contribution in [0.3, 0.4) is 0 Å². The summed E-state index contributed by atoms with van der Waals surface area (Å²) in [5.41, 5.74) is 1.11. The molecular weight excluding hydrogens is 361 g/mol. The number of amides is 1. The van der Waals surface area contributed by atoms with E-state index in [2.05, 4.69) is 41.8 Å². The zero-order valence-electron chi connectivity index (χ0n) is 12.4. The first kappa shape index (κ1) is 15.8. The topological polar surface area (TPSA) is 29.1 Å². The fraction of sp³-hybridized carbons (Fsp3) is 0.588. The van der Waals surface area contributed by atoms with Crippen molar-refractivity contribution in [1.29, 1.82) is 0 Å². The van der Waals surface area contributed by atoms with Crippen molar-refractivity contribution in [1.82, 2.24) is 5.32 Å². The molecular formula is C17H24INO. The normalized spacial score (nSPS) is 17.4. The third kappa shape index (κ3) is 4.21. The highest BCUT2D eigenvalue weighted by Crippen LogP contribution is 2.42. The van der Waals surface area contributed by atoms with Crippen molar-refractivity contribution in [2.75, 3.05) is 6.54 Å². The van der Waals surface area contributed by atoms with Gasteiger partial charge in [0.2, 0.25) is 0 Å². The van der Waals surface area contributed by atoms with Crippen LogP contribution in [0.1, 0.15) is 56.3 Å². The molecule has 3 heteroatoms. The van der Waals surface area contributed by atoms with E-state index in [1.807, 2.05) is 24.3 Å². The standard InChI is InChI=1S/C17H24INO/c1-13(2)11-17(8-3-4-9-17)12-19-16(20)14-6-5-7-15(18)10-14/h5-7,10,13H,3-4,8-9,11-12H2,1-2H3,(H,19,20). The molecule has 1 aliphatic carbocycles. The van der Waals surface area contributed by atoms with Gasteiger partial charge in [0.25, 0.3) is 5.91 Å². The average molecular weight is 385 g/mol. The number of halogens is 1. The fourth-order valence-corrected chi connectivity index (χ4v) is 3.99. The summed E-state index contributed by atoms with van der Waals surface area (Å²) in [6.07, 6.45) is 6.37. The zero-order valence-corrected chi connectivity index (χ0v) is 14.6. The van der Waals surface area contributed by atoms with Gasteiger partial charge in [0.15, 0.2) is 0 Å². The van der Waals surface area contributed by atoms with Gasteiger partial charge in [-0.15, -0.1) is 0 Å². The summed E-state index contributed by atoms with van der Waals surface area (Å²) >= 11 is 2.24. The lowest BCUT2D eigenvalue weighted by Crippen LogP contribution is -2.36. The van der Waals surface area contributed by atoms with Gasteiger partial charge < -0.3 is 5.32 Å². The molecule has 1 amide bonds. The van der Waals surface area contributed by atoms with Crippen LogP contribution in [0.2, 0.25) is 0 Å². The first-order valence-corrected chi connectivity index (χ1v) is 8.62. The van der Waals surface area contributed by atoms with Crippen LogP contribution in [-0.4, -0.2) is 12.5 Å². The molecule has 110 valence electrons. The van der Waals surface area contributed by atoms with Crippen molar-refractivity contribution in [2.24, 2.45) is 11.3 Å². The molecule has 0 spiro atoms. The van der Waals surface area contributed by atoms with Gasteiger partial charge in [-0.05, 0) is 71.4 Å². The summed E-state index contributed by atoms with van der Waals surface area (Å²) in [5.74, 6) is 0.765. The third-order valence-electron chi connectivity index (χ3n) is 4.22. The quantitative estimate of drug-likeness (QED) is 0.736. The molecule has 0 unspecified atom stereocenters. The monoisotopic (exact) mass is 385 g/mol. The van der Waals surface area contributed by atoms with Gasteiger partial charge in [0.1, 0.15) is 0 Å². The molecule has 0 bridgehead atoms. The second-order valence-electron chi connectivity index (χ2n) is 6.50. The van der Waals surface area contributed by atoms with Gasteiger partial charge in [-0.3, -0.25) is 4.79 Å². The molecule has 1 fully saturated rings. The first-order valence-electron chi connectivity index (χ1n) is 7.55. The summed E-state index contributed by atoms with van der Waals surface area (Å²) in [6.45, 7) is 5.39. The maximum absolute atomic E-state index is 12.3. The van der Waals surface area contributed by atoms with Gasteiger partial charge in [0.05, 0.1) is 0 Å². The van der Waals surface area contributed by atoms with E-state index in [9.17, 15) is 4.79 Å². The van der Waals surface area contributed by atoms with Crippen LogP contribution >= 0.6 is 22.6 Å². The van der Waals surface area contributed by atoms with E-state index in [0.29, 0.717) is 11.3 Å². The number of nitrogens with one attached hydrogen (secondary N) is 1. The summed E-state index contributed by atoms with van der Waals surface area (Å²) in [7, 11) is 0. The molecule has 0 aromatic heterocycles. The maximum Gasteiger partial charge on any atom is 0.251 e. The average Bonchev–Trinajstić information content (AvgIpc) is 2.84. The van der Waals surface area contributed by atoms with Crippen molar-refractivity contribution in [3.05, 3.63) is 33.4 Å². The van der Waals surface area contributed by atoms with Crippen LogP contribution in [-0.2, 0) is 0 Å². The van der Waals surface area contributed by atoms with Gasteiger partial charge >= 0.3 is 0 Å². The summed E-state index contributed by atoms with van der Waals surface area (Å²) in [6, 6.07) is 7.78. The summed E-state index contributed by atoms with van der Waals surface area (Å²) in [4.78, 5) is 12.3. The molecule has 0 aliphatic heterocycles. The first-order chi connectivity index (χ1) is 9.51. The molecule has 1 aliphatic rings. The fourth-order valence-electron chi connectivity index (χ4n) is 3.44. The summed E-state index contributed by atoms with van der Waals surface area (Å²) in [5, 5.41) is 3.17. The van der Waals surface area contributed by atoms with Crippen molar-refractivity contribution in [2.45, 2.75) is 46.0 Å². The molecule has 0 atom stereocenters. The van der Waals surface area contributed by atoms with Crippen LogP contribution in [0, 0.1) is 14.9 Å². The number of benzene rings is 1. The highest BCUT2D eigenvalue weighted by molar-refractivity contribution is 14.1. The lowest BCUT2D eigenvalue weighted by Gasteiger charge is -2.31. The van der Waals surface area contributed by atoms with E-state index in [1.165, 1.54) is 32.1 Å². The molecule has 20 heavy (non-hydrogen) atoms. The molecule has 0 saturated heterocycles. The highest BCUT2D eigenvalue weighted by atomic mass is 127. The largest absolute Gasteiger partial charge is 0.351 e. The van der Waals surface area contributed by atoms with Crippen LogP contribution < -0.4 is 5.32 Å². The Morgan fingerprint density at radius 3 is 2.65 bits per heavy atom. The van der Waals surface area contributed by atoms with Crippen LogP contribution in [0.5, 0.6) is 0 Å². The van der Waals surface area contributed by atoms with Gasteiger partial charge in [-0.1, -0.05) is 32.8 Å². The van der Waals surface area contributed by atoms with Gasteiger partial charge in [-0.25, -0.2) is 0 Å². The van der Waals surface area contributed by atoms with Crippen molar-refractivity contribution >= 4 is 28.5 Å². The van der Waals surface area contributed by atoms with E-state index in [4.69, 9.17) is 0 Å². The number of carbonyl (C=O) groups excluding carboxylic acids is 1. The molecule has 0 heterocycles. The molecule has 2 rings (SSSR count). The Hall–Kier alpha value is -0.580. The van der Waals surface area contributed by atoms with Crippen LogP contribution in [0.15, 0.2) is 24.3 Å². The van der Waals surface area contributed by atoms with E-state index in [0.717, 1.165) is 15.7 Å². The van der Waals surface area contributed by atoms with Crippen molar-refractivity contribution in [3.63, 3.8) is 0 Å². The Bertz CT molecular complexity index is 464. The van der Waals surface area contributed by atoms with Gasteiger partial charge in [-0.2, -0.15) is 0 Å². The molecule has 0 radical (unpaired) electrons. The molecule has 1 aromatic rings. The predicted molar refractivity (Wildman–Crippen MR) is 91.8 cm³/mol. The molecule has 2 nitrogen and oxygen atoms in total. The number of hydrogen-bond acceptors (Lipinski definition) is 1. The SMILES string of the molecule is CC(C)CC1(CNC(=O)c2cccc(I)c2)CCCC1. The smallest absolute Gasteiger partial charge is 0.251 e. The van der Waals surface area contributed by atoms with E-state index < -0.39 is 0 Å². The maximum atomic E-state index is 12.3. The Morgan fingerprint density at radius 2 is 2.05 bits per heavy atom. The van der Waals surface area contributed by atoms with E-state index in [1.54, 1.807) is 0 Å². The lowest BCUT2D eigenvalue weighted by molar-refractivity contribution is 0.0922. The van der Waals surface area contributed by atoms with Gasteiger partial charge in [0, 0.05) is 15.7 Å². The minimum absolute atomic E-state index is 0.0681. The minimum Gasteiger partial charge on any atom is -0.351 e. The Kier molecular flexibility index (Phi) is 5.47. The molecule has 1 N–H and O–H groups in total. The Balaban J connectivity index is 1.97. The number of carbonyl (C=O) groups is 1. The number of hydrogen-bond donors (Lipinski definition) is 1. The van der Waals surface area contributed by atoms with E-state index >= 15 is 0 Å². The third-order valence-corrected chi connectivity index (χ3v) is 4.89. The summed E-state index contributed by atoms with van der Waals surface area (Å²) < 4.78 is 1.10. The molecule has 1 saturated carbocycles. The predicted octanol–water partition coefficient (Wildman–Crippen LogP) is 4.63. The second kappa shape index (κ2) is 6.92. The number of rotatable bonds is 5. The zero-order chi connectivity index (χ0) is 14.6. The van der Waals surface area contributed by atoms with Crippen LogP contribution in [0.25, 0.3) is 0 Å². The highest BCUT2D eigenvalue weighted by Gasteiger charge is 2.34. The molecule has 1 aromatic carbocycles. The Morgan fingerprint density at radius 1 is 1.35 bits per heavy atom. The minimum atomic E-state index is 0.0681. The second-order valence-corrected chi connectivity index (χ2v) is 7.74.